The van der Waals surface area contributed by atoms with Crippen molar-refractivity contribution in [3.63, 3.8) is 0 Å². The van der Waals surface area contributed by atoms with Crippen LogP contribution in [0, 0.1) is 11.6 Å². The monoisotopic (exact) mass is 252 g/mol. The highest BCUT2D eigenvalue weighted by Gasteiger charge is 2.09. The lowest BCUT2D eigenvalue weighted by Crippen LogP contribution is -1.92. The quantitative estimate of drug-likeness (QED) is 0.738. The first kappa shape index (κ1) is 11.7. The zero-order valence-electron chi connectivity index (χ0n) is 8.58. The van der Waals surface area contributed by atoms with E-state index >= 15 is 0 Å². The standard InChI is InChI=1S/C13H7ClF2O/c14-13(17)9-3-6-11(12(16)7-9)8-1-4-10(15)5-2-8/h1-7H. The van der Waals surface area contributed by atoms with Gasteiger partial charge >= 0.3 is 0 Å². The van der Waals surface area contributed by atoms with Crippen molar-refractivity contribution in [2.45, 2.75) is 0 Å². The Morgan fingerprint density at radius 2 is 1.65 bits per heavy atom. The maximum absolute atomic E-state index is 13.7. The maximum Gasteiger partial charge on any atom is 0.252 e. The molecule has 2 aromatic rings. The lowest BCUT2D eigenvalue weighted by Gasteiger charge is -2.04. The van der Waals surface area contributed by atoms with Crippen molar-refractivity contribution < 1.29 is 13.6 Å². The van der Waals surface area contributed by atoms with E-state index in [9.17, 15) is 13.6 Å². The molecule has 0 aliphatic rings. The van der Waals surface area contributed by atoms with Crippen LogP contribution in [0.25, 0.3) is 11.1 Å². The maximum atomic E-state index is 13.7. The van der Waals surface area contributed by atoms with Gasteiger partial charge in [-0.15, -0.1) is 0 Å². The van der Waals surface area contributed by atoms with E-state index in [4.69, 9.17) is 11.6 Å². The number of benzene rings is 2. The minimum Gasteiger partial charge on any atom is -0.276 e. The van der Waals surface area contributed by atoms with Crippen LogP contribution in [-0.4, -0.2) is 5.24 Å². The highest BCUT2D eigenvalue weighted by molar-refractivity contribution is 6.67. The van der Waals surface area contributed by atoms with Gasteiger partial charge in [-0.3, -0.25) is 4.79 Å². The first-order valence-electron chi connectivity index (χ1n) is 4.83. The molecule has 1 nitrogen and oxygen atoms in total. The number of hydrogen-bond donors (Lipinski definition) is 0. The van der Waals surface area contributed by atoms with Gasteiger partial charge in [0.2, 0.25) is 0 Å². The fraction of sp³-hybridized carbons (Fsp3) is 0. The molecule has 0 bridgehead atoms. The summed E-state index contributed by atoms with van der Waals surface area (Å²) in [5.41, 5.74) is 0.930. The van der Waals surface area contributed by atoms with Gasteiger partial charge in [0.1, 0.15) is 11.6 Å². The van der Waals surface area contributed by atoms with E-state index in [1.807, 2.05) is 0 Å². The van der Waals surface area contributed by atoms with Crippen molar-refractivity contribution in [1.29, 1.82) is 0 Å². The third kappa shape index (κ3) is 2.50. The van der Waals surface area contributed by atoms with Crippen molar-refractivity contribution in [3.05, 3.63) is 59.7 Å². The molecule has 4 heteroatoms. The summed E-state index contributed by atoms with van der Waals surface area (Å²) in [7, 11) is 0. The third-order valence-corrected chi connectivity index (χ3v) is 2.57. The Kier molecular flexibility index (Phi) is 3.20. The molecule has 0 heterocycles. The van der Waals surface area contributed by atoms with Gasteiger partial charge in [-0.2, -0.15) is 0 Å². The van der Waals surface area contributed by atoms with Gasteiger partial charge in [0.25, 0.3) is 5.24 Å². The Morgan fingerprint density at radius 1 is 1.00 bits per heavy atom. The summed E-state index contributed by atoms with van der Waals surface area (Å²) in [5.74, 6) is -0.954. The van der Waals surface area contributed by atoms with E-state index in [0.717, 1.165) is 6.07 Å². The fourth-order valence-electron chi connectivity index (χ4n) is 1.50. The first-order chi connectivity index (χ1) is 8.08. The van der Waals surface area contributed by atoms with Crippen LogP contribution in [-0.2, 0) is 0 Å². The lowest BCUT2D eigenvalue weighted by molar-refractivity contribution is 0.108. The normalized spacial score (nSPS) is 10.3. The van der Waals surface area contributed by atoms with Gasteiger partial charge in [0.15, 0.2) is 0 Å². The van der Waals surface area contributed by atoms with Crippen LogP contribution >= 0.6 is 11.6 Å². The Balaban J connectivity index is 2.46. The summed E-state index contributed by atoms with van der Waals surface area (Å²) in [4.78, 5) is 10.8. The molecule has 0 N–H and O–H groups in total. The summed E-state index contributed by atoms with van der Waals surface area (Å²) in [6, 6.07) is 9.36. The molecule has 2 aromatic carbocycles. The Labute approximate surface area is 102 Å². The second-order valence-electron chi connectivity index (χ2n) is 3.48. The van der Waals surface area contributed by atoms with Gasteiger partial charge in [-0.1, -0.05) is 18.2 Å². The van der Waals surface area contributed by atoms with E-state index in [2.05, 4.69) is 0 Å². The van der Waals surface area contributed by atoms with Crippen molar-refractivity contribution >= 4 is 16.8 Å². The number of halogens is 3. The number of rotatable bonds is 2. The zero-order chi connectivity index (χ0) is 12.4. The topological polar surface area (TPSA) is 17.1 Å². The molecule has 17 heavy (non-hydrogen) atoms. The molecule has 0 aliphatic heterocycles. The molecular formula is C13H7ClF2O. The first-order valence-corrected chi connectivity index (χ1v) is 5.21. The molecule has 0 saturated heterocycles. The molecule has 0 atom stereocenters. The average Bonchev–Trinajstić information content (AvgIpc) is 2.30. The molecule has 0 aromatic heterocycles. The van der Waals surface area contributed by atoms with E-state index < -0.39 is 11.1 Å². The molecular weight excluding hydrogens is 246 g/mol. The van der Waals surface area contributed by atoms with Crippen LogP contribution in [0.4, 0.5) is 8.78 Å². The van der Waals surface area contributed by atoms with Gasteiger partial charge in [0, 0.05) is 11.1 Å². The second kappa shape index (κ2) is 4.63. The Hall–Kier alpha value is -1.74. The lowest BCUT2D eigenvalue weighted by atomic mass is 10.0. The smallest absolute Gasteiger partial charge is 0.252 e. The summed E-state index contributed by atoms with van der Waals surface area (Å²) < 4.78 is 26.4. The minimum absolute atomic E-state index is 0.0926. The zero-order valence-corrected chi connectivity index (χ0v) is 9.34. The van der Waals surface area contributed by atoms with Crippen LogP contribution < -0.4 is 0 Å². The van der Waals surface area contributed by atoms with Crippen LogP contribution in [0.5, 0.6) is 0 Å². The molecule has 0 spiro atoms. The predicted octanol–water partition coefficient (Wildman–Crippen LogP) is 4.01. The SMILES string of the molecule is O=C(Cl)c1ccc(-c2ccc(F)cc2)c(F)c1. The van der Waals surface area contributed by atoms with E-state index in [-0.39, 0.29) is 11.4 Å². The summed E-state index contributed by atoms with van der Waals surface area (Å²) >= 11 is 5.24. The molecule has 0 radical (unpaired) electrons. The van der Waals surface area contributed by atoms with Crippen molar-refractivity contribution in [2.75, 3.05) is 0 Å². The molecule has 0 saturated carbocycles. The average molecular weight is 253 g/mol. The number of carbonyl (C=O) groups is 1. The van der Waals surface area contributed by atoms with Gasteiger partial charge in [-0.25, -0.2) is 8.78 Å². The Morgan fingerprint density at radius 3 is 2.18 bits per heavy atom. The van der Waals surface area contributed by atoms with E-state index in [0.29, 0.717) is 11.1 Å². The summed E-state index contributed by atoms with van der Waals surface area (Å²) in [6.07, 6.45) is 0. The summed E-state index contributed by atoms with van der Waals surface area (Å²) in [5, 5.41) is -0.713. The molecule has 2 rings (SSSR count). The van der Waals surface area contributed by atoms with Crippen molar-refractivity contribution in [1.82, 2.24) is 0 Å². The van der Waals surface area contributed by atoms with Crippen LogP contribution in [0.1, 0.15) is 10.4 Å². The minimum atomic E-state index is -0.713. The highest BCUT2D eigenvalue weighted by atomic mass is 35.5. The van der Waals surface area contributed by atoms with Crippen LogP contribution in [0.2, 0.25) is 0 Å². The third-order valence-electron chi connectivity index (χ3n) is 2.35. The highest BCUT2D eigenvalue weighted by Crippen LogP contribution is 2.24. The van der Waals surface area contributed by atoms with Crippen molar-refractivity contribution in [3.8, 4) is 11.1 Å². The molecule has 86 valence electrons. The van der Waals surface area contributed by atoms with Gasteiger partial charge in [0.05, 0.1) is 0 Å². The van der Waals surface area contributed by atoms with Gasteiger partial charge in [-0.05, 0) is 41.4 Å². The molecule has 0 aliphatic carbocycles. The van der Waals surface area contributed by atoms with E-state index in [1.54, 1.807) is 0 Å². The molecule has 0 fully saturated rings. The second-order valence-corrected chi connectivity index (χ2v) is 3.82. The summed E-state index contributed by atoms with van der Waals surface area (Å²) in [6.45, 7) is 0. The van der Waals surface area contributed by atoms with E-state index in [1.165, 1.54) is 36.4 Å². The Bertz CT molecular complexity index is 564. The fourth-order valence-corrected chi connectivity index (χ4v) is 1.62. The number of hydrogen-bond acceptors (Lipinski definition) is 1. The van der Waals surface area contributed by atoms with Gasteiger partial charge < -0.3 is 0 Å². The van der Waals surface area contributed by atoms with Crippen molar-refractivity contribution in [2.24, 2.45) is 0 Å². The van der Waals surface area contributed by atoms with Crippen LogP contribution in [0.15, 0.2) is 42.5 Å². The van der Waals surface area contributed by atoms with Crippen LogP contribution in [0.3, 0.4) is 0 Å². The molecule has 0 unspecified atom stereocenters. The molecule has 0 amide bonds. The number of carbonyl (C=O) groups excluding carboxylic acids is 1. The predicted molar refractivity (Wildman–Crippen MR) is 62.0 cm³/mol. The largest absolute Gasteiger partial charge is 0.276 e.